The third-order valence-electron chi connectivity index (χ3n) is 2.34. The maximum atomic E-state index is 4.44. The summed E-state index contributed by atoms with van der Waals surface area (Å²) in [5.41, 5.74) is 1.81. The highest BCUT2D eigenvalue weighted by Gasteiger charge is 1.99. The number of hydrogen-bond acceptors (Lipinski definition) is 3. The first-order valence-corrected chi connectivity index (χ1v) is 5.03. The fourth-order valence-electron chi connectivity index (χ4n) is 1.58. The quantitative estimate of drug-likeness (QED) is 0.683. The van der Waals surface area contributed by atoms with Gasteiger partial charge in [0.25, 0.3) is 0 Å². The second kappa shape index (κ2) is 3.66. The van der Waals surface area contributed by atoms with Crippen molar-refractivity contribution in [1.82, 2.24) is 15.0 Å². The molecular formula is C12H10N4. The summed E-state index contributed by atoms with van der Waals surface area (Å²) < 4.78 is 0. The van der Waals surface area contributed by atoms with E-state index in [1.807, 2.05) is 36.5 Å². The average molecular weight is 210 g/mol. The molecule has 0 saturated carbocycles. The Morgan fingerprint density at radius 3 is 3.00 bits per heavy atom. The van der Waals surface area contributed by atoms with Gasteiger partial charge in [0, 0.05) is 17.8 Å². The van der Waals surface area contributed by atoms with Crippen molar-refractivity contribution in [3.63, 3.8) is 0 Å². The number of nitrogens with one attached hydrogen (secondary N) is 2. The predicted octanol–water partition coefficient (Wildman–Crippen LogP) is 2.70. The van der Waals surface area contributed by atoms with Crippen molar-refractivity contribution >= 4 is 22.5 Å². The molecule has 4 heteroatoms. The van der Waals surface area contributed by atoms with Crippen LogP contribution in [0.4, 0.5) is 11.5 Å². The van der Waals surface area contributed by atoms with Crippen LogP contribution in [0.25, 0.3) is 11.0 Å². The largest absolute Gasteiger partial charge is 0.346 e. The van der Waals surface area contributed by atoms with E-state index in [2.05, 4.69) is 20.3 Å². The van der Waals surface area contributed by atoms with Crippen molar-refractivity contribution in [3.8, 4) is 0 Å². The van der Waals surface area contributed by atoms with E-state index in [9.17, 15) is 0 Å². The van der Waals surface area contributed by atoms with Crippen LogP contribution in [-0.2, 0) is 0 Å². The monoisotopic (exact) mass is 210 g/mol. The standard InChI is InChI=1S/C12H10N4/c1-2-10(8-13-6-1)15-11-4-3-9-5-7-14-12(9)16-11/h1-8H,(H2,14,15,16). The normalized spacial score (nSPS) is 10.5. The lowest BCUT2D eigenvalue weighted by Crippen LogP contribution is -1.93. The molecule has 0 bridgehead atoms. The Kier molecular flexibility index (Phi) is 2.04. The summed E-state index contributed by atoms with van der Waals surface area (Å²) in [6.07, 6.45) is 5.39. The van der Waals surface area contributed by atoms with E-state index in [0.717, 1.165) is 22.5 Å². The van der Waals surface area contributed by atoms with E-state index in [0.29, 0.717) is 0 Å². The summed E-state index contributed by atoms with van der Waals surface area (Å²) >= 11 is 0. The molecule has 4 nitrogen and oxygen atoms in total. The first kappa shape index (κ1) is 8.91. The first-order valence-electron chi connectivity index (χ1n) is 5.03. The summed E-state index contributed by atoms with van der Waals surface area (Å²) in [6, 6.07) is 9.81. The fourth-order valence-corrected chi connectivity index (χ4v) is 1.58. The molecule has 0 saturated heterocycles. The lowest BCUT2D eigenvalue weighted by Gasteiger charge is -2.04. The Labute approximate surface area is 92.4 Å². The van der Waals surface area contributed by atoms with E-state index < -0.39 is 0 Å². The van der Waals surface area contributed by atoms with Crippen molar-refractivity contribution < 1.29 is 0 Å². The van der Waals surface area contributed by atoms with Crippen molar-refractivity contribution in [3.05, 3.63) is 48.9 Å². The van der Waals surface area contributed by atoms with Crippen LogP contribution in [0.3, 0.4) is 0 Å². The number of nitrogens with zero attached hydrogens (tertiary/aromatic N) is 2. The summed E-state index contributed by atoms with van der Waals surface area (Å²) in [5.74, 6) is 0.808. The Hall–Kier alpha value is -2.36. The zero-order valence-corrected chi connectivity index (χ0v) is 8.51. The molecule has 0 radical (unpaired) electrons. The SMILES string of the molecule is c1cncc(Nc2ccc3cc[nH]c3n2)c1. The van der Waals surface area contributed by atoms with E-state index in [1.165, 1.54) is 0 Å². The Bertz CT molecular complexity index is 600. The lowest BCUT2D eigenvalue weighted by atomic mass is 10.3. The number of anilines is 2. The zero-order chi connectivity index (χ0) is 10.8. The molecular weight excluding hydrogens is 200 g/mol. The third-order valence-corrected chi connectivity index (χ3v) is 2.34. The number of H-pyrrole nitrogens is 1. The van der Waals surface area contributed by atoms with Crippen LogP contribution >= 0.6 is 0 Å². The van der Waals surface area contributed by atoms with Crippen molar-refractivity contribution in [1.29, 1.82) is 0 Å². The summed E-state index contributed by atoms with van der Waals surface area (Å²) in [6.45, 7) is 0. The Balaban J connectivity index is 1.94. The Morgan fingerprint density at radius 2 is 2.12 bits per heavy atom. The van der Waals surface area contributed by atoms with Gasteiger partial charge in [0.15, 0.2) is 0 Å². The van der Waals surface area contributed by atoms with Gasteiger partial charge >= 0.3 is 0 Å². The number of rotatable bonds is 2. The second-order valence-electron chi connectivity index (χ2n) is 3.48. The van der Waals surface area contributed by atoms with Crippen LogP contribution in [0.15, 0.2) is 48.9 Å². The van der Waals surface area contributed by atoms with Gasteiger partial charge in [-0.15, -0.1) is 0 Å². The molecule has 78 valence electrons. The highest BCUT2D eigenvalue weighted by atomic mass is 15.0. The van der Waals surface area contributed by atoms with Crippen molar-refractivity contribution in [2.75, 3.05) is 5.32 Å². The minimum Gasteiger partial charge on any atom is -0.346 e. The molecule has 0 unspecified atom stereocenters. The van der Waals surface area contributed by atoms with Gasteiger partial charge in [0.2, 0.25) is 0 Å². The number of aromatic amines is 1. The molecule has 0 spiro atoms. The van der Waals surface area contributed by atoms with Gasteiger partial charge in [-0.25, -0.2) is 4.98 Å². The Morgan fingerprint density at radius 1 is 1.12 bits per heavy atom. The topological polar surface area (TPSA) is 53.6 Å². The number of fused-ring (bicyclic) bond motifs is 1. The summed E-state index contributed by atoms with van der Waals surface area (Å²) in [7, 11) is 0. The maximum absolute atomic E-state index is 4.44. The molecule has 2 N–H and O–H groups in total. The highest BCUT2D eigenvalue weighted by molar-refractivity contribution is 5.77. The molecule has 0 aliphatic heterocycles. The third kappa shape index (κ3) is 1.61. The van der Waals surface area contributed by atoms with E-state index in [-0.39, 0.29) is 0 Å². The van der Waals surface area contributed by atoms with Gasteiger partial charge in [0.05, 0.1) is 11.9 Å². The van der Waals surface area contributed by atoms with Gasteiger partial charge in [0.1, 0.15) is 11.5 Å². The molecule has 3 heterocycles. The molecule has 0 fully saturated rings. The molecule has 0 aliphatic rings. The molecule has 0 aromatic carbocycles. The van der Waals surface area contributed by atoms with Gasteiger partial charge in [-0.2, -0.15) is 0 Å². The molecule has 3 rings (SSSR count). The lowest BCUT2D eigenvalue weighted by molar-refractivity contribution is 1.28. The van der Waals surface area contributed by atoms with Crippen molar-refractivity contribution in [2.24, 2.45) is 0 Å². The van der Waals surface area contributed by atoms with Gasteiger partial charge in [-0.3, -0.25) is 4.98 Å². The van der Waals surface area contributed by atoms with Crippen LogP contribution in [0.5, 0.6) is 0 Å². The molecule has 16 heavy (non-hydrogen) atoms. The van der Waals surface area contributed by atoms with Crippen LogP contribution in [0.2, 0.25) is 0 Å². The first-order chi connectivity index (χ1) is 7.92. The van der Waals surface area contributed by atoms with E-state index in [1.54, 1.807) is 12.4 Å². The number of hydrogen-bond donors (Lipinski definition) is 2. The van der Waals surface area contributed by atoms with Gasteiger partial charge < -0.3 is 10.3 Å². The molecule has 0 aliphatic carbocycles. The van der Waals surface area contributed by atoms with Crippen LogP contribution in [-0.4, -0.2) is 15.0 Å². The minimum absolute atomic E-state index is 0.808. The summed E-state index contributed by atoms with van der Waals surface area (Å²) in [5, 5.41) is 4.30. The molecule has 3 aromatic rings. The van der Waals surface area contributed by atoms with Gasteiger partial charge in [-0.05, 0) is 30.3 Å². The number of pyridine rings is 2. The second-order valence-corrected chi connectivity index (χ2v) is 3.48. The molecule has 0 amide bonds. The van der Waals surface area contributed by atoms with Gasteiger partial charge in [-0.1, -0.05) is 0 Å². The number of aromatic nitrogens is 3. The zero-order valence-electron chi connectivity index (χ0n) is 8.51. The van der Waals surface area contributed by atoms with Crippen molar-refractivity contribution in [2.45, 2.75) is 0 Å². The fraction of sp³-hybridized carbons (Fsp3) is 0. The highest BCUT2D eigenvalue weighted by Crippen LogP contribution is 2.16. The minimum atomic E-state index is 0.808. The predicted molar refractivity (Wildman–Crippen MR) is 63.6 cm³/mol. The smallest absolute Gasteiger partial charge is 0.139 e. The summed E-state index contributed by atoms with van der Waals surface area (Å²) in [4.78, 5) is 11.6. The van der Waals surface area contributed by atoms with E-state index >= 15 is 0 Å². The van der Waals surface area contributed by atoms with E-state index in [4.69, 9.17) is 0 Å². The molecule has 3 aromatic heterocycles. The average Bonchev–Trinajstić information content (AvgIpc) is 2.77. The van der Waals surface area contributed by atoms with Crippen LogP contribution in [0, 0.1) is 0 Å². The maximum Gasteiger partial charge on any atom is 0.139 e. The van der Waals surface area contributed by atoms with Crippen LogP contribution < -0.4 is 5.32 Å². The molecule has 0 atom stereocenters. The van der Waals surface area contributed by atoms with Crippen LogP contribution in [0.1, 0.15) is 0 Å².